The van der Waals surface area contributed by atoms with Crippen molar-refractivity contribution in [3.05, 3.63) is 74.7 Å². The first kappa shape index (κ1) is 20.6. The number of carbonyl (C=O) groups excluding carboxylic acids is 1. The average Bonchev–Trinajstić information content (AvgIpc) is 2.76. The van der Waals surface area contributed by atoms with Gasteiger partial charge in [0.1, 0.15) is 5.82 Å². The van der Waals surface area contributed by atoms with Crippen LogP contribution < -0.4 is 10.9 Å². The quantitative estimate of drug-likeness (QED) is 0.615. The van der Waals surface area contributed by atoms with Gasteiger partial charge in [-0.25, -0.2) is 9.78 Å². The molecule has 0 aliphatic carbocycles. The molecular formula is C23H25BrN4O2. The van der Waals surface area contributed by atoms with Crippen molar-refractivity contribution in [2.24, 2.45) is 0 Å². The standard InChI is InChI=1S/C23H25BrN4O2/c1-16-6-5-9-21-26-20-11-10-18(24)14-19(20)22(29)27(21)13-12-25-23(30)28(16)15-17-7-3-2-4-8-17/h2-4,7-8,10-11,14,16H,5-6,9,12-13,15H2,1H3,(H,25,30). The zero-order valence-corrected chi connectivity index (χ0v) is 18.6. The number of amides is 2. The summed E-state index contributed by atoms with van der Waals surface area (Å²) >= 11 is 3.43. The van der Waals surface area contributed by atoms with Crippen LogP contribution in [0, 0.1) is 0 Å². The Morgan fingerprint density at radius 3 is 2.77 bits per heavy atom. The summed E-state index contributed by atoms with van der Waals surface area (Å²) in [5.74, 6) is 0.785. The van der Waals surface area contributed by atoms with E-state index in [1.165, 1.54) is 0 Å². The molecule has 1 N–H and O–H groups in total. The third-order valence-corrected chi connectivity index (χ3v) is 6.11. The second-order valence-corrected chi connectivity index (χ2v) is 8.65. The van der Waals surface area contributed by atoms with E-state index in [0.29, 0.717) is 37.0 Å². The van der Waals surface area contributed by atoms with E-state index >= 15 is 0 Å². The summed E-state index contributed by atoms with van der Waals surface area (Å²) in [7, 11) is 0. The van der Waals surface area contributed by atoms with Crippen LogP contribution in [-0.2, 0) is 19.5 Å². The minimum Gasteiger partial charge on any atom is -0.336 e. The smallest absolute Gasteiger partial charge is 0.318 e. The van der Waals surface area contributed by atoms with Gasteiger partial charge in [0, 0.05) is 36.6 Å². The molecule has 2 aromatic carbocycles. The molecule has 1 aliphatic rings. The number of nitrogens with one attached hydrogen (secondary N) is 1. The van der Waals surface area contributed by atoms with Crippen LogP contribution in [0.15, 0.2) is 57.8 Å². The molecule has 30 heavy (non-hydrogen) atoms. The lowest BCUT2D eigenvalue weighted by Gasteiger charge is -2.29. The molecule has 4 rings (SSSR count). The summed E-state index contributed by atoms with van der Waals surface area (Å²) < 4.78 is 2.57. The highest BCUT2D eigenvalue weighted by Gasteiger charge is 2.22. The summed E-state index contributed by atoms with van der Waals surface area (Å²) in [5, 5.41) is 3.59. The van der Waals surface area contributed by atoms with Gasteiger partial charge in [0.25, 0.3) is 5.56 Å². The highest BCUT2D eigenvalue weighted by atomic mass is 79.9. The predicted molar refractivity (Wildman–Crippen MR) is 121 cm³/mol. The summed E-state index contributed by atoms with van der Waals surface area (Å²) in [5.41, 5.74) is 1.76. The van der Waals surface area contributed by atoms with Crippen LogP contribution >= 0.6 is 15.9 Å². The zero-order valence-electron chi connectivity index (χ0n) is 17.0. The third kappa shape index (κ3) is 4.41. The fourth-order valence-corrected chi connectivity index (χ4v) is 4.32. The number of aryl methyl sites for hydroxylation is 1. The molecule has 156 valence electrons. The molecule has 0 radical (unpaired) electrons. The maximum Gasteiger partial charge on any atom is 0.318 e. The van der Waals surface area contributed by atoms with Crippen molar-refractivity contribution in [1.29, 1.82) is 0 Å². The molecule has 7 heteroatoms. The van der Waals surface area contributed by atoms with Gasteiger partial charge in [-0.1, -0.05) is 46.3 Å². The predicted octanol–water partition coefficient (Wildman–Crippen LogP) is 4.10. The molecular weight excluding hydrogens is 444 g/mol. The number of aromatic nitrogens is 2. The molecule has 1 aliphatic heterocycles. The normalized spacial score (nSPS) is 17.9. The number of fused-ring (bicyclic) bond motifs is 2. The minimum absolute atomic E-state index is 0.0565. The number of nitrogens with zero attached hydrogens (tertiary/aromatic N) is 3. The second-order valence-electron chi connectivity index (χ2n) is 7.73. The summed E-state index contributed by atoms with van der Waals surface area (Å²) in [6.45, 7) is 3.43. The summed E-state index contributed by atoms with van der Waals surface area (Å²) in [6, 6.07) is 15.6. The van der Waals surface area contributed by atoms with Crippen molar-refractivity contribution < 1.29 is 4.79 Å². The van der Waals surface area contributed by atoms with Gasteiger partial charge < -0.3 is 10.2 Å². The molecule has 0 saturated heterocycles. The fourth-order valence-electron chi connectivity index (χ4n) is 3.96. The second kappa shape index (κ2) is 9.00. The molecule has 1 aromatic heterocycles. The van der Waals surface area contributed by atoms with E-state index in [0.717, 1.165) is 28.7 Å². The van der Waals surface area contributed by atoms with Gasteiger partial charge in [0.2, 0.25) is 0 Å². The van der Waals surface area contributed by atoms with Crippen LogP contribution in [0.5, 0.6) is 0 Å². The van der Waals surface area contributed by atoms with Gasteiger partial charge in [0.05, 0.1) is 10.9 Å². The number of hydrogen-bond acceptors (Lipinski definition) is 3. The van der Waals surface area contributed by atoms with Gasteiger partial charge in [0.15, 0.2) is 0 Å². The molecule has 2 amide bonds. The van der Waals surface area contributed by atoms with E-state index in [1.54, 1.807) is 4.57 Å². The van der Waals surface area contributed by atoms with Crippen LogP contribution in [0.4, 0.5) is 4.79 Å². The van der Waals surface area contributed by atoms with Crippen LogP contribution in [0.1, 0.15) is 31.2 Å². The molecule has 0 saturated carbocycles. The van der Waals surface area contributed by atoms with Crippen LogP contribution in [0.25, 0.3) is 10.9 Å². The van der Waals surface area contributed by atoms with Crippen molar-refractivity contribution in [3.63, 3.8) is 0 Å². The van der Waals surface area contributed by atoms with Gasteiger partial charge in [-0.05, 0) is 43.5 Å². The number of rotatable bonds is 2. The molecule has 0 fully saturated rings. The maximum absolute atomic E-state index is 13.1. The Morgan fingerprint density at radius 2 is 1.97 bits per heavy atom. The Bertz CT molecular complexity index is 1110. The summed E-state index contributed by atoms with van der Waals surface area (Å²) in [4.78, 5) is 32.7. The lowest BCUT2D eigenvalue weighted by Crippen LogP contribution is -2.45. The maximum atomic E-state index is 13.1. The minimum atomic E-state index is -0.0978. The Hall–Kier alpha value is -2.67. The van der Waals surface area contributed by atoms with E-state index in [-0.39, 0.29) is 17.6 Å². The van der Waals surface area contributed by atoms with Crippen LogP contribution in [-0.4, -0.2) is 33.1 Å². The van der Waals surface area contributed by atoms with Crippen molar-refractivity contribution in [2.45, 2.75) is 45.3 Å². The van der Waals surface area contributed by atoms with E-state index in [2.05, 4.69) is 28.2 Å². The molecule has 2 heterocycles. The number of halogens is 1. The highest BCUT2D eigenvalue weighted by molar-refractivity contribution is 9.10. The monoisotopic (exact) mass is 468 g/mol. The van der Waals surface area contributed by atoms with Crippen LogP contribution in [0.3, 0.4) is 0 Å². The van der Waals surface area contributed by atoms with E-state index in [1.807, 2.05) is 53.4 Å². The topological polar surface area (TPSA) is 67.2 Å². The average molecular weight is 469 g/mol. The van der Waals surface area contributed by atoms with Gasteiger partial charge >= 0.3 is 6.03 Å². The highest BCUT2D eigenvalue weighted by Crippen LogP contribution is 2.18. The lowest BCUT2D eigenvalue weighted by molar-refractivity contribution is 0.171. The third-order valence-electron chi connectivity index (χ3n) is 5.62. The van der Waals surface area contributed by atoms with Gasteiger partial charge in [-0.2, -0.15) is 0 Å². The number of carbonyl (C=O) groups is 1. The molecule has 0 spiro atoms. The van der Waals surface area contributed by atoms with Crippen molar-refractivity contribution in [1.82, 2.24) is 19.8 Å². The van der Waals surface area contributed by atoms with Gasteiger partial charge in [-0.3, -0.25) is 9.36 Å². The zero-order chi connectivity index (χ0) is 21.1. The Kier molecular flexibility index (Phi) is 6.18. The Balaban J connectivity index is 1.61. The first-order valence-corrected chi connectivity index (χ1v) is 11.1. The van der Waals surface area contributed by atoms with Crippen LogP contribution in [0.2, 0.25) is 0 Å². The first-order valence-electron chi connectivity index (χ1n) is 10.3. The number of benzene rings is 2. The molecule has 1 unspecified atom stereocenters. The Labute approximate surface area is 184 Å². The summed E-state index contributed by atoms with van der Waals surface area (Å²) in [6.07, 6.45) is 2.40. The fraction of sp³-hybridized carbons (Fsp3) is 0.348. The van der Waals surface area contributed by atoms with Crippen molar-refractivity contribution in [2.75, 3.05) is 6.54 Å². The van der Waals surface area contributed by atoms with Crippen molar-refractivity contribution in [3.8, 4) is 0 Å². The molecule has 0 bridgehead atoms. The number of urea groups is 1. The van der Waals surface area contributed by atoms with Crippen molar-refractivity contribution >= 4 is 32.9 Å². The SMILES string of the molecule is CC1CCCc2nc3ccc(Br)cc3c(=O)n2CCNC(=O)N1Cc1ccccc1. The first-order chi connectivity index (χ1) is 14.5. The number of hydrogen-bond donors (Lipinski definition) is 1. The van der Waals surface area contributed by atoms with Gasteiger partial charge in [-0.15, -0.1) is 0 Å². The Morgan fingerprint density at radius 1 is 1.17 bits per heavy atom. The van der Waals surface area contributed by atoms with E-state index < -0.39 is 0 Å². The lowest BCUT2D eigenvalue weighted by atomic mass is 10.1. The molecule has 3 aromatic rings. The molecule has 6 nitrogen and oxygen atoms in total. The van der Waals surface area contributed by atoms with E-state index in [9.17, 15) is 9.59 Å². The molecule has 1 atom stereocenters. The van der Waals surface area contributed by atoms with E-state index in [4.69, 9.17) is 4.98 Å². The largest absolute Gasteiger partial charge is 0.336 e.